The maximum absolute atomic E-state index is 3.68. The van der Waals surface area contributed by atoms with Crippen LogP contribution in [0.4, 0.5) is 0 Å². The Kier molecular flexibility index (Phi) is 35.3. The van der Waals surface area contributed by atoms with Crippen molar-refractivity contribution in [2.75, 3.05) is 0 Å². The number of unbranched alkanes of at least 4 members (excludes halogenated alkanes) is 2. The first kappa shape index (κ1) is 15.8. The summed E-state index contributed by atoms with van der Waals surface area (Å²) < 4.78 is 0. The van der Waals surface area contributed by atoms with Crippen molar-refractivity contribution in [3.05, 3.63) is 6.92 Å². The summed E-state index contributed by atoms with van der Waals surface area (Å²) in [7, 11) is 0. The van der Waals surface area contributed by atoms with Crippen molar-refractivity contribution >= 4 is 0 Å². The summed E-state index contributed by atoms with van der Waals surface area (Å²) in [6.07, 6.45) is 3.65. The number of hydrogen-bond donors (Lipinski definition) is 0. The maximum atomic E-state index is 3.68. The summed E-state index contributed by atoms with van der Waals surface area (Å²) in [4.78, 5) is 0. The summed E-state index contributed by atoms with van der Waals surface area (Å²) in [6.45, 7) is 5.85. The van der Waals surface area contributed by atoms with Crippen molar-refractivity contribution in [1.82, 2.24) is 0 Å². The van der Waals surface area contributed by atoms with Gasteiger partial charge < -0.3 is 30.9 Å². The maximum Gasteiger partial charge on any atom is 2.00 e. The van der Waals surface area contributed by atoms with E-state index in [-0.39, 0.29) is 44.4 Å². The molecular formula is C5H11IPd. The summed E-state index contributed by atoms with van der Waals surface area (Å²) in [5.41, 5.74) is 0. The van der Waals surface area contributed by atoms with E-state index in [0.29, 0.717) is 0 Å². The van der Waals surface area contributed by atoms with Crippen molar-refractivity contribution < 1.29 is 44.4 Å². The fourth-order valence-electron chi connectivity index (χ4n) is 0.250. The van der Waals surface area contributed by atoms with E-state index in [1.807, 2.05) is 0 Å². The molecule has 0 aromatic rings. The molecule has 7 heavy (non-hydrogen) atoms. The van der Waals surface area contributed by atoms with Crippen molar-refractivity contribution in [2.24, 2.45) is 0 Å². The van der Waals surface area contributed by atoms with Crippen LogP contribution in [0.2, 0.25) is 0 Å². The molecule has 0 aromatic heterocycles. The minimum Gasteiger partial charge on any atom is -1.00 e. The number of rotatable bonds is 2. The zero-order chi connectivity index (χ0) is 4.12. The molecule has 0 unspecified atom stereocenters. The van der Waals surface area contributed by atoms with E-state index in [2.05, 4.69) is 13.8 Å². The summed E-state index contributed by atoms with van der Waals surface area (Å²) in [5.74, 6) is 0. The molecule has 0 atom stereocenters. The van der Waals surface area contributed by atoms with Crippen LogP contribution in [0.3, 0.4) is 0 Å². The van der Waals surface area contributed by atoms with Gasteiger partial charge in [0.05, 0.1) is 0 Å². The van der Waals surface area contributed by atoms with Crippen LogP contribution in [0.15, 0.2) is 0 Å². The SMILES string of the molecule is [CH2-]CCCC.[I-].[Pd+2]. The van der Waals surface area contributed by atoms with Crippen LogP contribution in [0.25, 0.3) is 0 Å². The Morgan fingerprint density at radius 3 is 1.86 bits per heavy atom. The van der Waals surface area contributed by atoms with Crippen LogP contribution in [-0.4, -0.2) is 0 Å². The predicted molar refractivity (Wildman–Crippen MR) is 24.9 cm³/mol. The zero-order valence-corrected chi connectivity index (χ0v) is 8.23. The first-order valence-corrected chi connectivity index (χ1v) is 2.21. The van der Waals surface area contributed by atoms with Gasteiger partial charge in [-0.2, -0.15) is 6.42 Å². The van der Waals surface area contributed by atoms with Crippen LogP contribution < -0.4 is 24.0 Å². The summed E-state index contributed by atoms with van der Waals surface area (Å²) >= 11 is 0. The van der Waals surface area contributed by atoms with Gasteiger partial charge in [-0.05, 0) is 0 Å². The van der Waals surface area contributed by atoms with E-state index >= 15 is 0 Å². The van der Waals surface area contributed by atoms with E-state index in [4.69, 9.17) is 0 Å². The van der Waals surface area contributed by atoms with E-state index in [0.717, 1.165) is 6.42 Å². The largest absolute Gasteiger partial charge is 2.00 e. The van der Waals surface area contributed by atoms with Gasteiger partial charge in [0.2, 0.25) is 0 Å². The molecule has 0 saturated carbocycles. The van der Waals surface area contributed by atoms with Gasteiger partial charge in [-0.15, -0.1) is 0 Å². The van der Waals surface area contributed by atoms with Gasteiger partial charge in [-0.25, -0.2) is 0 Å². The zero-order valence-electron chi connectivity index (χ0n) is 4.52. The van der Waals surface area contributed by atoms with Gasteiger partial charge in [0.1, 0.15) is 0 Å². The summed E-state index contributed by atoms with van der Waals surface area (Å²) in [6, 6.07) is 0. The fourth-order valence-corrected chi connectivity index (χ4v) is 0.250. The first-order chi connectivity index (χ1) is 2.41. The van der Waals surface area contributed by atoms with E-state index < -0.39 is 0 Å². The molecule has 0 nitrogen and oxygen atoms in total. The van der Waals surface area contributed by atoms with Crippen LogP contribution >= 0.6 is 0 Å². The minimum atomic E-state index is 0. The molecule has 2 heteroatoms. The van der Waals surface area contributed by atoms with Crippen LogP contribution in [0.1, 0.15) is 26.2 Å². The molecule has 0 spiro atoms. The molecule has 0 aliphatic rings. The van der Waals surface area contributed by atoms with Crippen molar-refractivity contribution in [3.8, 4) is 0 Å². The third-order valence-corrected chi connectivity index (χ3v) is 0.604. The van der Waals surface area contributed by atoms with Gasteiger partial charge in [-0.3, -0.25) is 0 Å². The number of halogens is 1. The third-order valence-electron chi connectivity index (χ3n) is 0.604. The van der Waals surface area contributed by atoms with Crippen molar-refractivity contribution in [2.45, 2.75) is 26.2 Å². The second-order valence-corrected chi connectivity index (χ2v) is 1.21. The minimum absolute atomic E-state index is 0. The molecule has 0 aliphatic heterocycles. The molecule has 0 saturated heterocycles. The van der Waals surface area contributed by atoms with Crippen molar-refractivity contribution in [3.63, 3.8) is 0 Å². The molecular weight excluding hydrogens is 293 g/mol. The first-order valence-electron chi connectivity index (χ1n) is 2.21. The third kappa shape index (κ3) is 18.7. The second-order valence-electron chi connectivity index (χ2n) is 1.21. The Balaban J connectivity index is -0.0000000800. The van der Waals surface area contributed by atoms with E-state index in [1.165, 1.54) is 12.8 Å². The molecule has 0 rings (SSSR count). The molecule has 0 N–H and O–H groups in total. The molecule has 0 amide bonds. The molecule has 0 aliphatic carbocycles. The van der Waals surface area contributed by atoms with Gasteiger partial charge in [0.25, 0.3) is 0 Å². The topological polar surface area (TPSA) is 0 Å². The van der Waals surface area contributed by atoms with Crippen LogP contribution in [0, 0.1) is 6.92 Å². The van der Waals surface area contributed by atoms with E-state index in [9.17, 15) is 0 Å². The Bertz CT molecular complexity index is 15.6. The Labute approximate surface area is 77.1 Å². The predicted octanol–water partition coefficient (Wildman–Crippen LogP) is -0.988. The van der Waals surface area contributed by atoms with Gasteiger partial charge in [-0.1, -0.05) is 19.8 Å². The Morgan fingerprint density at radius 1 is 1.43 bits per heavy atom. The quantitative estimate of drug-likeness (QED) is 0.349. The van der Waals surface area contributed by atoms with Gasteiger partial charge >= 0.3 is 20.4 Å². The Morgan fingerprint density at radius 2 is 1.86 bits per heavy atom. The Hall–Kier alpha value is 1.39. The van der Waals surface area contributed by atoms with Crippen molar-refractivity contribution in [1.29, 1.82) is 0 Å². The smallest absolute Gasteiger partial charge is 1.00 e. The van der Waals surface area contributed by atoms with Crippen LogP contribution in [0.5, 0.6) is 0 Å². The molecule has 48 valence electrons. The average Bonchev–Trinajstić information content (AvgIpc) is 1.41. The molecule has 0 heterocycles. The molecule has 0 bridgehead atoms. The van der Waals surface area contributed by atoms with Gasteiger partial charge in [0.15, 0.2) is 0 Å². The fraction of sp³-hybridized carbons (Fsp3) is 0.800. The van der Waals surface area contributed by atoms with E-state index in [1.54, 1.807) is 0 Å². The van der Waals surface area contributed by atoms with Gasteiger partial charge in [0, 0.05) is 0 Å². The molecule has 0 fully saturated rings. The monoisotopic (exact) mass is 304 g/mol. The second kappa shape index (κ2) is 15.7. The number of hydrogen-bond acceptors (Lipinski definition) is 0. The normalized spacial score (nSPS) is 6.00. The van der Waals surface area contributed by atoms with Crippen LogP contribution in [-0.2, 0) is 20.4 Å². The molecule has 0 radical (unpaired) electrons. The molecule has 0 aromatic carbocycles. The summed E-state index contributed by atoms with van der Waals surface area (Å²) in [5, 5.41) is 0. The average molecular weight is 304 g/mol. The standard InChI is InChI=1S/C5H11.HI.Pd/c1-3-5-4-2;;/h1,3-5H2,2H3;1H;/q-1;;+2/p-1.